The van der Waals surface area contributed by atoms with Crippen molar-refractivity contribution < 1.29 is 8.42 Å². The van der Waals surface area contributed by atoms with Crippen molar-refractivity contribution in [3.63, 3.8) is 0 Å². The van der Waals surface area contributed by atoms with Gasteiger partial charge in [0, 0.05) is 31.4 Å². The summed E-state index contributed by atoms with van der Waals surface area (Å²) >= 11 is 0. The summed E-state index contributed by atoms with van der Waals surface area (Å²) in [5.74, 6) is 0. The van der Waals surface area contributed by atoms with Crippen molar-refractivity contribution in [3.8, 4) is 6.07 Å². The van der Waals surface area contributed by atoms with Crippen LogP contribution in [0.4, 0.5) is 5.69 Å². The van der Waals surface area contributed by atoms with E-state index in [0.717, 1.165) is 42.5 Å². The third kappa shape index (κ3) is 5.89. The zero-order chi connectivity index (χ0) is 23.0. The number of benzene rings is 2. The molecule has 6 nitrogen and oxygen atoms in total. The standard InChI is InChI=1S/C25H34N4O2S/c1-3-5-14-29(15-6-4-2)32(30,31)25-24(17-20-10-8-7-9-11-20)27-19-22-16-21(18-26)12-13-23(22)28-25/h7-13,16,24-25,27-28H,3-6,14-15,17,19H2,1-2H3/t24-,25?/m1/s1. The van der Waals surface area contributed by atoms with Gasteiger partial charge in [0.25, 0.3) is 0 Å². The van der Waals surface area contributed by atoms with Gasteiger partial charge in [-0.05, 0) is 48.6 Å². The van der Waals surface area contributed by atoms with Gasteiger partial charge < -0.3 is 10.6 Å². The first-order chi connectivity index (χ1) is 15.5. The highest BCUT2D eigenvalue weighted by Crippen LogP contribution is 2.27. The van der Waals surface area contributed by atoms with E-state index in [1.54, 1.807) is 10.4 Å². The summed E-state index contributed by atoms with van der Waals surface area (Å²) in [4.78, 5) is 0. The van der Waals surface area contributed by atoms with Crippen LogP contribution < -0.4 is 10.6 Å². The number of unbranched alkanes of at least 4 members (excludes halogenated alkanes) is 2. The molecule has 32 heavy (non-hydrogen) atoms. The molecule has 0 saturated heterocycles. The Morgan fingerprint density at radius 1 is 1.06 bits per heavy atom. The Morgan fingerprint density at radius 2 is 1.75 bits per heavy atom. The summed E-state index contributed by atoms with van der Waals surface area (Å²) in [6, 6.07) is 17.2. The van der Waals surface area contributed by atoms with E-state index >= 15 is 0 Å². The molecule has 0 saturated carbocycles. The smallest absolute Gasteiger partial charge is 0.236 e. The SMILES string of the molecule is CCCCN(CCCC)S(=O)(=O)C1Nc2ccc(C#N)cc2CN[C@@H]1Cc1ccccc1. The van der Waals surface area contributed by atoms with E-state index < -0.39 is 15.4 Å². The van der Waals surface area contributed by atoms with Crippen LogP contribution in [0.1, 0.15) is 56.2 Å². The highest BCUT2D eigenvalue weighted by atomic mass is 32.2. The average Bonchev–Trinajstić information content (AvgIpc) is 2.99. The maximum absolute atomic E-state index is 14.0. The molecule has 0 bridgehead atoms. The number of sulfonamides is 1. The molecule has 2 atom stereocenters. The average molecular weight is 455 g/mol. The fourth-order valence-electron chi connectivity index (χ4n) is 4.08. The zero-order valence-corrected chi connectivity index (χ0v) is 19.9. The summed E-state index contributed by atoms with van der Waals surface area (Å²) in [7, 11) is -3.62. The Balaban J connectivity index is 1.98. The third-order valence-corrected chi connectivity index (χ3v) is 8.13. The Bertz CT molecular complexity index is 1010. The first kappa shape index (κ1) is 24.2. The highest BCUT2D eigenvalue weighted by Gasteiger charge is 2.39. The molecule has 0 radical (unpaired) electrons. The van der Waals surface area contributed by atoms with Crippen LogP contribution in [0.25, 0.3) is 0 Å². The number of fused-ring (bicyclic) bond motifs is 1. The topological polar surface area (TPSA) is 85.2 Å². The van der Waals surface area contributed by atoms with Gasteiger partial charge >= 0.3 is 0 Å². The molecule has 0 aliphatic carbocycles. The molecular weight excluding hydrogens is 420 g/mol. The van der Waals surface area contributed by atoms with Crippen LogP contribution in [-0.4, -0.2) is 37.2 Å². The van der Waals surface area contributed by atoms with E-state index in [0.29, 0.717) is 31.6 Å². The number of nitrogens with zero attached hydrogens (tertiary/aromatic N) is 2. The number of hydrogen-bond donors (Lipinski definition) is 2. The van der Waals surface area contributed by atoms with Gasteiger partial charge in [-0.3, -0.25) is 0 Å². The van der Waals surface area contributed by atoms with Gasteiger partial charge in [0.1, 0.15) is 0 Å². The number of nitrogens with one attached hydrogen (secondary N) is 2. The molecule has 3 rings (SSSR count). The summed E-state index contributed by atoms with van der Waals surface area (Å²) in [6.45, 7) is 5.74. The molecule has 2 aromatic rings. The molecule has 7 heteroatoms. The number of nitriles is 1. The van der Waals surface area contributed by atoms with E-state index in [2.05, 4.69) is 30.6 Å². The lowest BCUT2D eigenvalue weighted by atomic mass is 10.1. The predicted octanol–water partition coefficient (Wildman–Crippen LogP) is 4.24. The summed E-state index contributed by atoms with van der Waals surface area (Å²) in [5.41, 5.74) is 3.34. The van der Waals surface area contributed by atoms with E-state index in [9.17, 15) is 13.7 Å². The molecule has 0 aromatic heterocycles. The quantitative estimate of drug-likeness (QED) is 0.561. The lowest BCUT2D eigenvalue weighted by Crippen LogP contribution is -2.53. The van der Waals surface area contributed by atoms with Gasteiger partial charge in [-0.15, -0.1) is 0 Å². The molecule has 172 valence electrons. The molecule has 2 aromatic carbocycles. The maximum atomic E-state index is 14.0. The normalized spacial score (nSPS) is 18.4. The van der Waals surface area contributed by atoms with Gasteiger partial charge in [0.15, 0.2) is 5.37 Å². The maximum Gasteiger partial charge on any atom is 0.236 e. The van der Waals surface area contributed by atoms with Crippen molar-refractivity contribution in [1.82, 2.24) is 9.62 Å². The third-order valence-electron chi connectivity index (χ3n) is 5.95. The Morgan fingerprint density at radius 3 is 2.38 bits per heavy atom. The van der Waals surface area contributed by atoms with Gasteiger partial charge in [0.05, 0.1) is 11.6 Å². The summed E-state index contributed by atoms with van der Waals surface area (Å²) < 4.78 is 29.6. The molecule has 2 N–H and O–H groups in total. The molecule has 1 unspecified atom stereocenters. The fraction of sp³-hybridized carbons (Fsp3) is 0.480. The lowest BCUT2D eigenvalue weighted by molar-refractivity contribution is 0.380. The lowest BCUT2D eigenvalue weighted by Gasteiger charge is -2.32. The van der Waals surface area contributed by atoms with Gasteiger partial charge in [-0.25, -0.2) is 12.7 Å². The van der Waals surface area contributed by atoms with Crippen molar-refractivity contribution >= 4 is 15.7 Å². The Hall–Kier alpha value is -2.40. The van der Waals surface area contributed by atoms with E-state index in [4.69, 9.17) is 0 Å². The number of hydrogen-bond acceptors (Lipinski definition) is 5. The first-order valence-electron chi connectivity index (χ1n) is 11.6. The minimum atomic E-state index is -3.62. The number of anilines is 1. The minimum Gasteiger partial charge on any atom is -0.366 e. The van der Waals surface area contributed by atoms with Crippen molar-refractivity contribution in [2.75, 3.05) is 18.4 Å². The highest BCUT2D eigenvalue weighted by molar-refractivity contribution is 7.89. The predicted molar refractivity (Wildman–Crippen MR) is 130 cm³/mol. The molecule has 1 heterocycles. The second-order valence-electron chi connectivity index (χ2n) is 8.38. The Kier molecular flexibility index (Phi) is 8.68. The van der Waals surface area contributed by atoms with Crippen LogP contribution in [0, 0.1) is 11.3 Å². The second kappa shape index (κ2) is 11.5. The van der Waals surface area contributed by atoms with E-state index in [1.807, 2.05) is 42.5 Å². The van der Waals surface area contributed by atoms with Crippen molar-refractivity contribution in [2.45, 2.75) is 63.9 Å². The molecule has 0 spiro atoms. The van der Waals surface area contributed by atoms with Gasteiger partial charge in [0.2, 0.25) is 10.0 Å². The van der Waals surface area contributed by atoms with Gasteiger partial charge in [-0.1, -0.05) is 57.0 Å². The summed E-state index contributed by atoms with van der Waals surface area (Å²) in [6.07, 6.45) is 4.17. The van der Waals surface area contributed by atoms with Gasteiger partial charge in [-0.2, -0.15) is 5.26 Å². The fourth-order valence-corrected chi connectivity index (χ4v) is 6.05. The van der Waals surface area contributed by atoms with E-state index in [-0.39, 0.29) is 6.04 Å². The monoisotopic (exact) mass is 454 g/mol. The van der Waals surface area contributed by atoms with E-state index in [1.165, 1.54) is 0 Å². The molecular formula is C25H34N4O2S. The van der Waals surface area contributed by atoms with Crippen molar-refractivity contribution in [1.29, 1.82) is 5.26 Å². The van der Waals surface area contributed by atoms with Crippen molar-refractivity contribution in [2.24, 2.45) is 0 Å². The molecule has 1 aliphatic rings. The van der Waals surface area contributed by atoms with Crippen LogP contribution in [0.3, 0.4) is 0 Å². The second-order valence-corrected chi connectivity index (χ2v) is 10.4. The number of rotatable bonds is 10. The zero-order valence-electron chi connectivity index (χ0n) is 19.0. The Labute approximate surface area is 192 Å². The van der Waals surface area contributed by atoms with Crippen LogP contribution in [0.5, 0.6) is 0 Å². The summed E-state index contributed by atoms with van der Waals surface area (Å²) in [5, 5.41) is 15.3. The minimum absolute atomic E-state index is 0.314. The van der Waals surface area contributed by atoms with Crippen LogP contribution in [0.2, 0.25) is 0 Å². The molecule has 0 fully saturated rings. The van der Waals surface area contributed by atoms with Crippen LogP contribution >= 0.6 is 0 Å². The molecule has 0 amide bonds. The molecule has 1 aliphatic heterocycles. The van der Waals surface area contributed by atoms with Crippen LogP contribution in [-0.2, 0) is 23.0 Å². The largest absolute Gasteiger partial charge is 0.366 e. The first-order valence-corrected chi connectivity index (χ1v) is 13.1. The van der Waals surface area contributed by atoms with Crippen LogP contribution in [0.15, 0.2) is 48.5 Å². The van der Waals surface area contributed by atoms with Crippen molar-refractivity contribution in [3.05, 3.63) is 65.2 Å².